The second-order valence-corrected chi connectivity index (χ2v) is 6.67. The van der Waals surface area contributed by atoms with Crippen molar-refractivity contribution in [3.8, 4) is 0 Å². The fourth-order valence-corrected chi connectivity index (χ4v) is 2.54. The Morgan fingerprint density at radius 3 is 1.85 bits per heavy atom. The lowest BCUT2D eigenvalue weighted by Crippen LogP contribution is -2.49. The van der Waals surface area contributed by atoms with E-state index in [1.165, 1.54) is 52.4 Å². The molecule has 0 unspecified atom stereocenters. The molecule has 0 saturated carbocycles. The number of nitrogens with zero attached hydrogens (tertiary/aromatic N) is 3. The third-order valence-electron chi connectivity index (χ3n) is 4.03. The average Bonchev–Trinajstić information content (AvgIpc) is 2.40. The van der Waals surface area contributed by atoms with Crippen LogP contribution in [-0.2, 0) is 4.74 Å². The van der Waals surface area contributed by atoms with Gasteiger partial charge < -0.3 is 9.64 Å². The molecule has 0 atom stereocenters. The summed E-state index contributed by atoms with van der Waals surface area (Å²) in [6.07, 6.45) is 0. The van der Waals surface area contributed by atoms with Crippen LogP contribution in [0.15, 0.2) is 0 Å². The predicted molar refractivity (Wildman–Crippen MR) is 86.4 cm³/mol. The van der Waals surface area contributed by atoms with E-state index in [9.17, 15) is 0 Å². The zero-order valence-corrected chi connectivity index (χ0v) is 14.3. The first-order valence-electron chi connectivity index (χ1n) is 8.25. The van der Waals surface area contributed by atoms with Crippen LogP contribution in [0.3, 0.4) is 0 Å². The molecule has 1 saturated heterocycles. The Bertz CT molecular complexity index is 241. The molecule has 0 aromatic heterocycles. The van der Waals surface area contributed by atoms with Crippen LogP contribution < -0.4 is 0 Å². The largest absolute Gasteiger partial charge is 0.375 e. The zero-order chi connectivity index (χ0) is 15.0. The average molecular weight is 285 g/mol. The maximum absolute atomic E-state index is 5.81. The SMILES string of the molecule is CCN(CC)CCN1CCN(CCOC(C)(C)C)CC1. The maximum atomic E-state index is 5.81. The highest BCUT2D eigenvalue weighted by Crippen LogP contribution is 2.07. The standard InChI is InChI=1S/C16H35N3O/c1-6-17(7-2)8-9-18-10-12-19(13-11-18)14-15-20-16(3,4)5/h6-15H2,1-5H3. The summed E-state index contributed by atoms with van der Waals surface area (Å²) in [5.41, 5.74) is -0.00835. The van der Waals surface area contributed by atoms with Crippen LogP contribution in [0.2, 0.25) is 0 Å². The van der Waals surface area contributed by atoms with E-state index in [2.05, 4.69) is 49.3 Å². The smallest absolute Gasteiger partial charge is 0.0600 e. The van der Waals surface area contributed by atoms with Gasteiger partial charge in [0.25, 0.3) is 0 Å². The molecular weight excluding hydrogens is 250 g/mol. The molecule has 0 aliphatic carbocycles. The highest BCUT2D eigenvalue weighted by molar-refractivity contribution is 4.73. The Labute approximate surface area is 126 Å². The molecule has 1 aliphatic heterocycles. The van der Waals surface area contributed by atoms with Crippen molar-refractivity contribution in [1.82, 2.24) is 14.7 Å². The van der Waals surface area contributed by atoms with Gasteiger partial charge in [0.2, 0.25) is 0 Å². The van der Waals surface area contributed by atoms with Crippen LogP contribution in [-0.4, -0.2) is 85.8 Å². The van der Waals surface area contributed by atoms with E-state index in [4.69, 9.17) is 4.74 Å². The number of rotatable bonds is 8. The van der Waals surface area contributed by atoms with Crippen LogP contribution in [0.1, 0.15) is 34.6 Å². The summed E-state index contributed by atoms with van der Waals surface area (Å²) < 4.78 is 5.81. The molecule has 0 radical (unpaired) electrons. The first-order valence-corrected chi connectivity index (χ1v) is 8.25. The van der Waals surface area contributed by atoms with Gasteiger partial charge >= 0.3 is 0 Å². The fourth-order valence-electron chi connectivity index (χ4n) is 2.54. The summed E-state index contributed by atoms with van der Waals surface area (Å²) in [5, 5.41) is 0. The van der Waals surface area contributed by atoms with Gasteiger partial charge in [-0.15, -0.1) is 0 Å². The van der Waals surface area contributed by atoms with Crippen LogP contribution in [0.5, 0.6) is 0 Å². The van der Waals surface area contributed by atoms with Crippen LogP contribution in [0.4, 0.5) is 0 Å². The first kappa shape index (κ1) is 17.9. The Morgan fingerprint density at radius 2 is 1.40 bits per heavy atom. The van der Waals surface area contributed by atoms with Gasteiger partial charge in [0.15, 0.2) is 0 Å². The molecule has 0 amide bonds. The lowest BCUT2D eigenvalue weighted by Gasteiger charge is -2.36. The summed E-state index contributed by atoms with van der Waals surface area (Å²) in [6, 6.07) is 0. The summed E-state index contributed by atoms with van der Waals surface area (Å²) in [7, 11) is 0. The third kappa shape index (κ3) is 7.58. The second-order valence-electron chi connectivity index (χ2n) is 6.67. The van der Waals surface area contributed by atoms with E-state index in [1.54, 1.807) is 0 Å². The van der Waals surface area contributed by atoms with E-state index in [-0.39, 0.29) is 5.60 Å². The monoisotopic (exact) mass is 285 g/mol. The second kappa shape index (κ2) is 8.98. The summed E-state index contributed by atoms with van der Waals surface area (Å²) in [4.78, 5) is 7.63. The number of hydrogen-bond acceptors (Lipinski definition) is 4. The molecule has 0 bridgehead atoms. The van der Waals surface area contributed by atoms with Gasteiger partial charge in [0.1, 0.15) is 0 Å². The number of ether oxygens (including phenoxy) is 1. The van der Waals surface area contributed by atoms with Crippen molar-refractivity contribution in [3.05, 3.63) is 0 Å². The predicted octanol–water partition coefficient (Wildman–Crippen LogP) is 1.76. The highest BCUT2D eigenvalue weighted by atomic mass is 16.5. The van der Waals surface area contributed by atoms with E-state index in [0.29, 0.717) is 0 Å². The highest BCUT2D eigenvalue weighted by Gasteiger charge is 2.17. The normalized spacial score (nSPS) is 18.9. The molecule has 1 heterocycles. The molecule has 1 aliphatic rings. The molecule has 1 rings (SSSR count). The summed E-state index contributed by atoms with van der Waals surface area (Å²) in [6.45, 7) is 22.3. The first-order chi connectivity index (χ1) is 9.44. The quantitative estimate of drug-likeness (QED) is 0.676. The fraction of sp³-hybridized carbons (Fsp3) is 1.00. The molecule has 120 valence electrons. The lowest BCUT2D eigenvalue weighted by atomic mass is 10.2. The molecule has 1 fully saturated rings. The van der Waals surface area contributed by atoms with Gasteiger partial charge in [-0.1, -0.05) is 13.8 Å². The molecule has 4 nitrogen and oxygen atoms in total. The van der Waals surface area contributed by atoms with Crippen molar-refractivity contribution in [1.29, 1.82) is 0 Å². The molecule has 4 heteroatoms. The van der Waals surface area contributed by atoms with Crippen molar-refractivity contribution < 1.29 is 4.74 Å². The maximum Gasteiger partial charge on any atom is 0.0600 e. The van der Waals surface area contributed by atoms with Gasteiger partial charge in [0, 0.05) is 45.8 Å². The van der Waals surface area contributed by atoms with Gasteiger partial charge in [-0.25, -0.2) is 0 Å². The Balaban J connectivity index is 2.10. The topological polar surface area (TPSA) is 19.0 Å². The molecule has 0 aromatic carbocycles. The molecule has 0 aromatic rings. The molecule has 0 N–H and O–H groups in total. The van der Waals surface area contributed by atoms with Crippen LogP contribution in [0, 0.1) is 0 Å². The minimum Gasteiger partial charge on any atom is -0.375 e. The third-order valence-corrected chi connectivity index (χ3v) is 4.03. The van der Waals surface area contributed by atoms with Crippen molar-refractivity contribution in [3.63, 3.8) is 0 Å². The van der Waals surface area contributed by atoms with Gasteiger partial charge in [-0.3, -0.25) is 9.80 Å². The number of likely N-dealkylation sites (N-methyl/N-ethyl adjacent to an activating group) is 1. The summed E-state index contributed by atoms with van der Waals surface area (Å²) >= 11 is 0. The van der Waals surface area contributed by atoms with Gasteiger partial charge in [-0.05, 0) is 33.9 Å². The minimum atomic E-state index is -0.00835. The van der Waals surface area contributed by atoms with Gasteiger partial charge in [-0.2, -0.15) is 0 Å². The molecule has 20 heavy (non-hydrogen) atoms. The Kier molecular flexibility index (Phi) is 8.03. The Hall–Kier alpha value is -0.160. The number of hydrogen-bond donors (Lipinski definition) is 0. The lowest BCUT2D eigenvalue weighted by molar-refractivity contribution is -0.0180. The van der Waals surface area contributed by atoms with Crippen molar-refractivity contribution in [2.24, 2.45) is 0 Å². The van der Waals surface area contributed by atoms with Crippen molar-refractivity contribution in [2.75, 3.05) is 65.5 Å². The summed E-state index contributed by atoms with van der Waals surface area (Å²) in [5.74, 6) is 0. The van der Waals surface area contributed by atoms with Crippen LogP contribution in [0.25, 0.3) is 0 Å². The van der Waals surface area contributed by atoms with Crippen LogP contribution >= 0.6 is 0 Å². The van der Waals surface area contributed by atoms with E-state index in [0.717, 1.165) is 13.2 Å². The van der Waals surface area contributed by atoms with E-state index >= 15 is 0 Å². The molecular formula is C16H35N3O. The zero-order valence-electron chi connectivity index (χ0n) is 14.3. The Morgan fingerprint density at radius 1 is 0.900 bits per heavy atom. The van der Waals surface area contributed by atoms with Gasteiger partial charge in [0.05, 0.1) is 12.2 Å². The van der Waals surface area contributed by atoms with E-state index in [1.807, 2.05) is 0 Å². The van der Waals surface area contributed by atoms with Crippen molar-refractivity contribution >= 4 is 0 Å². The minimum absolute atomic E-state index is 0.00835. The van der Waals surface area contributed by atoms with Crippen molar-refractivity contribution in [2.45, 2.75) is 40.2 Å². The van der Waals surface area contributed by atoms with E-state index < -0.39 is 0 Å². The molecule has 0 spiro atoms. The number of piperazine rings is 1.